The molecular weight excluding hydrogens is 152 g/mol. The summed E-state index contributed by atoms with van der Waals surface area (Å²) in [6, 6.07) is 0. The zero-order chi connectivity index (χ0) is 9.23. The maximum atomic E-state index is 5.04. The van der Waals surface area contributed by atoms with E-state index < -0.39 is 0 Å². The average molecular weight is 174 g/mol. The minimum absolute atomic E-state index is 0.837. The van der Waals surface area contributed by atoms with Gasteiger partial charge in [-0.3, -0.25) is 4.90 Å². The van der Waals surface area contributed by atoms with Crippen LogP contribution in [0.4, 0.5) is 0 Å². The second-order valence-electron chi connectivity index (χ2n) is 2.94. The third kappa shape index (κ3) is 6.58. The van der Waals surface area contributed by atoms with Crippen LogP contribution in [0.3, 0.4) is 0 Å². The Morgan fingerprint density at radius 1 is 1.25 bits per heavy atom. The Hall–Kier alpha value is -0.120. The highest BCUT2D eigenvalue weighted by atomic mass is 16.5. The Bertz CT molecular complexity index is 80.6. The van der Waals surface area contributed by atoms with Crippen molar-refractivity contribution in [3.8, 4) is 0 Å². The van der Waals surface area contributed by atoms with E-state index in [1.54, 1.807) is 7.11 Å². The van der Waals surface area contributed by atoms with Crippen LogP contribution in [-0.4, -0.2) is 51.8 Å². The molecule has 0 aliphatic carbocycles. The zero-order valence-corrected chi connectivity index (χ0v) is 8.60. The van der Waals surface area contributed by atoms with Gasteiger partial charge in [0.05, 0.1) is 6.61 Å². The van der Waals surface area contributed by atoms with Crippen LogP contribution in [0.25, 0.3) is 0 Å². The molecule has 0 heterocycles. The van der Waals surface area contributed by atoms with Crippen molar-refractivity contribution in [1.82, 2.24) is 10.2 Å². The quantitative estimate of drug-likeness (QED) is 0.582. The summed E-state index contributed by atoms with van der Waals surface area (Å²) in [7, 11) is 3.74. The van der Waals surface area contributed by atoms with E-state index in [1.807, 2.05) is 7.05 Å². The van der Waals surface area contributed by atoms with Crippen LogP contribution in [0.2, 0.25) is 0 Å². The summed E-state index contributed by atoms with van der Waals surface area (Å²) in [5, 5.41) is 3.15. The van der Waals surface area contributed by atoms with Gasteiger partial charge in [0.2, 0.25) is 0 Å². The third-order valence-electron chi connectivity index (χ3n) is 1.83. The maximum absolute atomic E-state index is 5.04. The summed E-state index contributed by atoms with van der Waals surface area (Å²) in [4.78, 5) is 2.42. The maximum Gasteiger partial charge on any atom is 0.0589 e. The van der Waals surface area contributed by atoms with Gasteiger partial charge >= 0.3 is 0 Å². The highest BCUT2D eigenvalue weighted by molar-refractivity contribution is 4.57. The van der Waals surface area contributed by atoms with Gasteiger partial charge in [-0.25, -0.2) is 0 Å². The normalized spacial score (nSPS) is 11.0. The lowest BCUT2D eigenvalue weighted by molar-refractivity contribution is 0.148. The Morgan fingerprint density at radius 2 is 2.00 bits per heavy atom. The lowest BCUT2D eigenvalue weighted by Gasteiger charge is -2.20. The second kappa shape index (κ2) is 8.97. The molecule has 12 heavy (non-hydrogen) atoms. The van der Waals surface area contributed by atoms with E-state index in [-0.39, 0.29) is 0 Å². The molecule has 74 valence electrons. The third-order valence-corrected chi connectivity index (χ3v) is 1.83. The van der Waals surface area contributed by atoms with Crippen molar-refractivity contribution in [3.63, 3.8) is 0 Å². The fourth-order valence-corrected chi connectivity index (χ4v) is 1.14. The van der Waals surface area contributed by atoms with E-state index in [4.69, 9.17) is 4.74 Å². The first kappa shape index (κ1) is 11.9. The van der Waals surface area contributed by atoms with Gasteiger partial charge in [0, 0.05) is 26.7 Å². The highest BCUT2D eigenvalue weighted by Crippen LogP contribution is 1.89. The van der Waals surface area contributed by atoms with Crippen molar-refractivity contribution in [2.24, 2.45) is 0 Å². The molecule has 0 aromatic heterocycles. The molecule has 0 atom stereocenters. The molecule has 0 rings (SSSR count). The number of methoxy groups -OCH3 is 1. The van der Waals surface area contributed by atoms with Gasteiger partial charge in [-0.2, -0.15) is 0 Å². The summed E-state index contributed by atoms with van der Waals surface area (Å²) < 4.78 is 5.04. The number of ether oxygens (including phenoxy) is 1. The first-order chi connectivity index (χ1) is 5.85. The highest BCUT2D eigenvalue weighted by Gasteiger charge is 2.01. The molecule has 3 nitrogen and oxygen atoms in total. The smallest absolute Gasteiger partial charge is 0.0589 e. The van der Waals surface area contributed by atoms with Crippen molar-refractivity contribution in [2.75, 3.05) is 46.9 Å². The molecule has 0 amide bonds. The molecule has 0 aromatic rings. The SMILES string of the molecule is CCCN(CCNC)CCOC. The van der Waals surface area contributed by atoms with Crippen molar-refractivity contribution in [1.29, 1.82) is 0 Å². The van der Waals surface area contributed by atoms with E-state index in [9.17, 15) is 0 Å². The Morgan fingerprint density at radius 3 is 2.50 bits per heavy atom. The Labute approximate surface area is 76.1 Å². The number of hydrogen-bond acceptors (Lipinski definition) is 3. The average Bonchev–Trinajstić information content (AvgIpc) is 2.10. The van der Waals surface area contributed by atoms with Gasteiger partial charge in [-0.05, 0) is 20.0 Å². The van der Waals surface area contributed by atoms with Gasteiger partial charge in [-0.15, -0.1) is 0 Å². The first-order valence-corrected chi connectivity index (χ1v) is 4.71. The number of likely N-dealkylation sites (N-methyl/N-ethyl adjacent to an activating group) is 1. The standard InChI is InChI=1S/C9H22N2O/c1-4-6-11(7-5-10-2)8-9-12-3/h10H,4-9H2,1-3H3. The molecule has 1 N–H and O–H groups in total. The van der Waals surface area contributed by atoms with E-state index >= 15 is 0 Å². The number of hydrogen-bond donors (Lipinski definition) is 1. The fourth-order valence-electron chi connectivity index (χ4n) is 1.14. The van der Waals surface area contributed by atoms with Gasteiger partial charge in [0.25, 0.3) is 0 Å². The largest absolute Gasteiger partial charge is 0.383 e. The number of nitrogens with one attached hydrogen (secondary N) is 1. The predicted octanol–water partition coefficient (Wildman–Crippen LogP) is 0.564. The van der Waals surface area contributed by atoms with Crippen LogP contribution in [0.15, 0.2) is 0 Å². The zero-order valence-electron chi connectivity index (χ0n) is 8.60. The first-order valence-electron chi connectivity index (χ1n) is 4.71. The van der Waals surface area contributed by atoms with Crippen molar-refractivity contribution in [3.05, 3.63) is 0 Å². The fraction of sp³-hybridized carbons (Fsp3) is 1.00. The minimum Gasteiger partial charge on any atom is -0.383 e. The van der Waals surface area contributed by atoms with Crippen LogP contribution in [-0.2, 0) is 4.74 Å². The summed E-state index contributed by atoms with van der Waals surface area (Å²) >= 11 is 0. The Balaban J connectivity index is 3.40. The predicted molar refractivity (Wildman–Crippen MR) is 52.5 cm³/mol. The van der Waals surface area contributed by atoms with E-state index in [0.717, 1.165) is 26.2 Å². The van der Waals surface area contributed by atoms with Crippen molar-refractivity contribution in [2.45, 2.75) is 13.3 Å². The number of nitrogens with zero attached hydrogens (tertiary/aromatic N) is 1. The van der Waals surface area contributed by atoms with Crippen molar-refractivity contribution < 1.29 is 4.74 Å². The lowest BCUT2D eigenvalue weighted by atomic mass is 10.4. The second-order valence-corrected chi connectivity index (χ2v) is 2.94. The topological polar surface area (TPSA) is 24.5 Å². The summed E-state index contributed by atoms with van der Waals surface area (Å²) in [5.41, 5.74) is 0. The molecule has 0 aliphatic heterocycles. The van der Waals surface area contributed by atoms with Crippen LogP contribution < -0.4 is 5.32 Å². The molecule has 0 saturated heterocycles. The molecule has 0 spiro atoms. The molecule has 0 bridgehead atoms. The van der Waals surface area contributed by atoms with Crippen molar-refractivity contribution >= 4 is 0 Å². The lowest BCUT2D eigenvalue weighted by Crippen LogP contribution is -2.33. The molecule has 0 aromatic carbocycles. The summed E-state index contributed by atoms with van der Waals surface area (Å²) in [6.45, 7) is 7.44. The van der Waals surface area contributed by atoms with Gasteiger partial charge in [-0.1, -0.05) is 6.92 Å². The van der Waals surface area contributed by atoms with Crippen LogP contribution in [0.1, 0.15) is 13.3 Å². The molecule has 0 radical (unpaired) electrons. The van der Waals surface area contributed by atoms with Crippen LogP contribution in [0, 0.1) is 0 Å². The summed E-state index contributed by atoms with van der Waals surface area (Å²) in [6.07, 6.45) is 1.22. The van der Waals surface area contributed by atoms with Crippen LogP contribution >= 0.6 is 0 Å². The molecule has 0 aliphatic rings. The van der Waals surface area contributed by atoms with E-state index in [2.05, 4.69) is 17.1 Å². The molecule has 0 saturated carbocycles. The van der Waals surface area contributed by atoms with E-state index in [0.29, 0.717) is 0 Å². The molecule has 0 unspecified atom stereocenters. The Kier molecular flexibility index (Phi) is 8.88. The van der Waals surface area contributed by atoms with Gasteiger partial charge < -0.3 is 10.1 Å². The van der Waals surface area contributed by atoms with Crippen LogP contribution in [0.5, 0.6) is 0 Å². The van der Waals surface area contributed by atoms with Gasteiger partial charge in [0.1, 0.15) is 0 Å². The molecule has 0 fully saturated rings. The number of rotatable bonds is 8. The van der Waals surface area contributed by atoms with E-state index in [1.165, 1.54) is 13.0 Å². The van der Waals surface area contributed by atoms with Gasteiger partial charge in [0.15, 0.2) is 0 Å². The summed E-state index contributed by atoms with van der Waals surface area (Å²) in [5.74, 6) is 0. The molecular formula is C9H22N2O. The minimum atomic E-state index is 0.837. The monoisotopic (exact) mass is 174 g/mol. The molecule has 3 heteroatoms.